The third-order valence-corrected chi connectivity index (χ3v) is 5.95. The first-order valence-electron chi connectivity index (χ1n) is 8.87. The van der Waals surface area contributed by atoms with Gasteiger partial charge in [0.25, 0.3) is 5.91 Å². The smallest absolute Gasteiger partial charge is 0.253 e. The van der Waals surface area contributed by atoms with Crippen LogP contribution in [0.3, 0.4) is 0 Å². The highest BCUT2D eigenvalue weighted by Crippen LogP contribution is 2.25. The molecule has 4 N–H and O–H groups in total. The molecule has 28 heavy (non-hydrogen) atoms. The van der Waals surface area contributed by atoms with Crippen molar-refractivity contribution >= 4 is 46.4 Å². The van der Waals surface area contributed by atoms with Crippen molar-refractivity contribution in [2.75, 3.05) is 44.3 Å². The normalized spacial score (nSPS) is 22.6. The Labute approximate surface area is 178 Å². The van der Waals surface area contributed by atoms with Gasteiger partial charge >= 0.3 is 0 Å². The van der Waals surface area contributed by atoms with Crippen LogP contribution in [0.15, 0.2) is 23.1 Å². The second-order valence-electron chi connectivity index (χ2n) is 6.87. The van der Waals surface area contributed by atoms with E-state index in [1.165, 1.54) is 12.1 Å². The third-order valence-electron chi connectivity index (χ3n) is 5.04. The number of hydrogen-bond acceptors (Lipinski definition) is 6. The van der Waals surface area contributed by atoms with E-state index in [1.54, 1.807) is 6.07 Å². The Hall–Kier alpha value is -1.10. The first-order valence-corrected chi connectivity index (χ1v) is 10.4. The monoisotopic (exact) mass is 454 g/mol. The topological polar surface area (TPSA) is 114 Å². The van der Waals surface area contributed by atoms with E-state index in [-0.39, 0.29) is 41.7 Å². The van der Waals surface area contributed by atoms with Gasteiger partial charge in [-0.25, -0.2) is 13.6 Å². The van der Waals surface area contributed by atoms with E-state index >= 15 is 0 Å². The number of benzene rings is 1. The Morgan fingerprint density at radius 2 is 1.96 bits per heavy atom. The van der Waals surface area contributed by atoms with Gasteiger partial charge in [0.05, 0.1) is 23.7 Å². The summed E-state index contributed by atoms with van der Waals surface area (Å²) in [6.45, 7) is 6.19. The van der Waals surface area contributed by atoms with Crippen molar-refractivity contribution in [1.82, 2.24) is 10.6 Å². The summed E-state index contributed by atoms with van der Waals surface area (Å²) in [7, 11) is -3.89. The number of carbonyl (C=O) groups is 1. The first-order chi connectivity index (χ1) is 12.4. The maximum Gasteiger partial charge on any atom is 0.253 e. The van der Waals surface area contributed by atoms with Gasteiger partial charge in [-0.2, -0.15) is 0 Å². The molecule has 0 aromatic heterocycles. The zero-order valence-electron chi connectivity index (χ0n) is 15.7. The molecule has 1 amide bonds. The average molecular weight is 455 g/mol. The van der Waals surface area contributed by atoms with Gasteiger partial charge in [0, 0.05) is 31.4 Å². The van der Waals surface area contributed by atoms with Crippen LogP contribution >= 0.6 is 24.8 Å². The average Bonchev–Trinajstić information content (AvgIpc) is 2.63. The van der Waals surface area contributed by atoms with Crippen molar-refractivity contribution in [2.45, 2.75) is 24.3 Å². The molecule has 0 radical (unpaired) electrons. The van der Waals surface area contributed by atoms with Crippen molar-refractivity contribution in [3.63, 3.8) is 0 Å². The lowest BCUT2D eigenvalue weighted by Crippen LogP contribution is -2.50. The molecule has 2 aliphatic rings. The number of ether oxygens (including phenoxy) is 1. The zero-order chi connectivity index (χ0) is 18.7. The number of morpholine rings is 1. The molecule has 1 aromatic carbocycles. The van der Waals surface area contributed by atoms with Gasteiger partial charge in [0.15, 0.2) is 0 Å². The number of nitrogens with zero attached hydrogens (tertiary/aromatic N) is 1. The minimum Gasteiger partial charge on any atom is -0.378 e. The molecule has 2 fully saturated rings. The van der Waals surface area contributed by atoms with Crippen molar-refractivity contribution < 1.29 is 17.9 Å². The van der Waals surface area contributed by atoms with E-state index in [1.807, 2.05) is 4.90 Å². The van der Waals surface area contributed by atoms with Crippen LogP contribution in [-0.4, -0.2) is 59.8 Å². The summed E-state index contributed by atoms with van der Waals surface area (Å²) in [5.74, 6) is 0.0750. The Bertz CT molecular complexity index is 772. The molecule has 2 atom stereocenters. The molecule has 2 saturated heterocycles. The minimum absolute atomic E-state index is 0. The van der Waals surface area contributed by atoms with Crippen molar-refractivity contribution in [2.24, 2.45) is 11.1 Å². The van der Waals surface area contributed by atoms with Gasteiger partial charge < -0.3 is 20.3 Å². The number of piperidine rings is 1. The quantitative estimate of drug-likeness (QED) is 0.617. The number of amides is 1. The van der Waals surface area contributed by atoms with Gasteiger partial charge in [-0.05, 0) is 37.1 Å². The molecule has 1 aromatic rings. The molecule has 0 spiro atoms. The van der Waals surface area contributed by atoms with E-state index in [0.717, 1.165) is 13.0 Å². The summed E-state index contributed by atoms with van der Waals surface area (Å²) in [5, 5.41) is 11.6. The lowest BCUT2D eigenvalue weighted by atomic mass is 9.94. The number of nitrogens with one attached hydrogen (secondary N) is 2. The van der Waals surface area contributed by atoms with Crippen LogP contribution in [-0.2, 0) is 14.8 Å². The molecule has 11 heteroatoms. The number of anilines is 1. The summed E-state index contributed by atoms with van der Waals surface area (Å²) in [4.78, 5) is 14.9. The van der Waals surface area contributed by atoms with Gasteiger partial charge in [-0.15, -0.1) is 24.8 Å². The Morgan fingerprint density at radius 3 is 2.57 bits per heavy atom. The Kier molecular flexibility index (Phi) is 9.45. The number of halogens is 2. The number of sulfonamides is 1. The largest absolute Gasteiger partial charge is 0.378 e. The Balaban J connectivity index is 0.00000196. The molecular formula is C17H28Cl2N4O4S. The second-order valence-corrected chi connectivity index (χ2v) is 8.43. The number of carbonyl (C=O) groups excluding carboxylic acids is 1. The standard InChI is InChI=1S/C17H26N4O4S.2ClH/c1-12-4-5-19-11-15(12)20-17(22)14-10-13(26(18,23)24)2-3-16(14)21-6-8-25-9-7-21;;/h2-3,10,12,15,19H,4-9,11H2,1H3,(H,20,22)(H2,18,23,24);2*1H. The first kappa shape index (κ1) is 24.9. The molecular weight excluding hydrogens is 427 g/mol. The molecule has 0 bridgehead atoms. The van der Waals surface area contributed by atoms with E-state index in [4.69, 9.17) is 9.88 Å². The van der Waals surface area contributed by atoms with E-state index in [2.05, 4.69) is 17.6 Å². The van der Waals surface area contributed by atoms with Gasteiger partial charge in [0.2, 0.25) is 10.0 Å². The number of rotatable bonds is 4. The van der Waals surface area contributed by atoms with Gasteiger partial charge in [-0.1, -0.05) is 6.92 Å². The molecule has 3 rings (SSSR count). The van der Waals surface area contributed by atoms with Crippen LogP contribution in [0.1, 0.15) is 23.7 Å². The summed E-state index contributed by atoms with van der Waals surface area (Å²) < 4.78 is 28.8. The van der Waals surface area contributed by atoms with Crippen LogP contribution in [0.2, 0.25) is 0 Å². The maximum atomic E-state index is 13.0. The summed E-state index contributed by atoms with van der Waals surface area (Å²) >= 11 is 0. The van der Waals surface area contributed by atoms with E-state index in [0.29, 0.717) is 50.0 Å². The highest BCUT2D eigenvalue weighted by molar-refractivity contribution is 7.89. The van der Waals surface area contributed by atoms with Crippen LogP contribution in [0.4, 0.5) is 5.69 Å². The molecule has 8 nitrogen and oxygen atoms in total. The van der Waals surface area contributed by atoms with Gasteiger partial charge in [0.1, 0.15) is 0 Å². The maximum absolute atomic E-state index is 13.0. The van der Waals surface area contributed by atoms with Crippen LogP contribution < -0.4 is 20.7 Å². The summed E-state index contributed by atoms with van der Waals surface area (Å²) in [6, 6.07) is 4.48. The molecule has 2 aliphatic heterocycles. The predicted molar refractivity (Wildman–Crippen MR) is 113 cm³/mol. The third kappa shape index (κ3) is 5.95. The number of nitrogens with two attached hydrogens (primary N) is 1. The minimum atomic E-state index is -3.89. The van der Waals surface area contributed by atoms with Crippen molar-refractivity contribution in [3.8, 4) is 0 Å². The lowest BCUT2D eigenvalue weighted by Gasteiger charge is -2.32. The molecule has 2 heterocycles. The highest BCUT2D eigenvalue weighted by atomic mass is 35.5. The summed E-state index contributed by atoms with van der Waals surface area (Å²) in [6.07, 6.45) is 0.985. The fourth-order valence-corrected chi connectivity index (χ4v) is 3.92. The number of hydrogen-bond donors (Lipinski definition) is 3. The summed E-state index contributed by atoms with van der Waals surface area (Å²) in [5.41, 5.74) is 1.03. The fraction of sp³-hybridized carbons (Fsp3) is 0.588. The van der Waals surface area contributed by atoms with E-state index < -0.39 is 10.0 Å². The SMILES string of the molecule is CC1CCNCC1NC(=O)c1cc(S(N)(=O)=O)ccc1N1CCOCC1.Cl.Cl. The lowest BCUT2D eigenvalue weighted by molar-refractivity contribution is 0.0913. The molecule has 2 unspecified atom stereocenters. The highest BCUT2D eigenvalue weighted by Gasteiger charge is 2.26. The van der Waals surface area contributed by atoms with Gasteiger partial charge in [-0.3, -0.25) is 4.79 Å². The Morgan fingerprint density at radius 1 is 1.29 bits per heavy atom. The van der Waals surface area contributed by atoms with Crippen molar-refractivity contribution in [1.29, 1.82) is 0 Å². The van der Waals surface area contributed by atoms with Crippen molar-refractivity contribution in [3.05, 3.63) is 23.8 Å². The second kappa shape index (κ2) is 10.6. The molecule has 160 valence electrons. The van der Waals surface area contributed by atoms with Crippen LogP contribution in [0.25, 0.3) is 0 Å². The van der Waals surface area contributed by atoms with Crippen LogP contribution in [0.5, 0.6) is 0 Å². The number of primary sulfonamides is 1. The fourth-order valence-electron chi connectivity index (χ4n) is 3.38. The molecule has 0 aliphatic carbocycles. The predicted octanol–water partition coefficient (Wildman–Crippen LogP) is 0.742. The zero-order valence-corrected chi connectivity index (χ0v) is 18.2. The van der Waals surface area contributed by atoms with E-state index in [9.17, 15) is 13.2 Å². The molecule has 0 saturated carbocycles. The van der Waals surface area contributed by atoms with Crippen LogP contribution in [0, 0.1) is 5.92 Å².